The number of benzene rings is 1. The maximum absolute atomic E-state index is 13.1. The van der Waals surface area contributed by atoms with Gasteiger partial charge in [0.05, 0.1) is 12.5 Å². The van der Waals surface area contributed by atoms with Crippen molar-refractivity contribution in [2.24, 2.45) is 5.41 Å². The number of nitrogens with zero attached hydrogens (tertiary/aromatic N) is 2. The molecule has 0 saturated carbocycles. The molecular formula is C25H30N2O5. The molecule has 1 aromatic heterocycles. The van der Waals surface area contributed by atoms with Crippen LogP contribution in [-0.4, -0.2) is 55.2 Å². The number of ether oxygens (including phenoxy) is 3. The molecule has 7 nitrogen and oxygen atoms in total. The van der Waals surface area contributed by atoms with E-state index in [9.17, 15) is 9.59 Å². The summed E-state index contributed by atoms with van der Waals surface area (Å²) in [6, 6.07) is 13.2. The van der Waals surface area contributed by atoms with Gasteiger partial charge in [-0.05, 0) is 49.8 Å². The highest BCUT2D eigenvalue weighted by Gasteiger charge is 2.43. The lowest BCUT2D eigenvalue weighted by Crippen LogP contribution is -2.47. The van der Waals surface area contributed by atoms with Crippen LogP contribution in [0.2, 0.25) is 0 Å². The second kappa shape index (κ2) is 10.0. The van der Waals surface area contributed by atoms with Crippen LogP contribution < -0.4 is 9.47 Å². The van der Waals surface area contributed by atoms with Gasteiger partial charge >= 0.3 is 5.97 Å². The fraction of sp³-hybridized carbons (Fsp3) is 0.480. The molecule has 0 bridgehead atoms. The number of pyridine rings is 1. The number of aromatic nitrogens is 1. The molecule has 1 spiro atoms. The second-order valence-corrected chi connectivity index (χ2v) is 8.44. The first kappa shape index (κ1) is 22.1. The molecule has 1 saturated heterocycles. The predicted molar refractivity (Wildman–Crippen MR) is 119 cm³/mol. The molecule has 0 N–H and O–H groups in total. The quantitative estimate of drug-likeness (QED) is 0.666. The van der Waals surface area contributed by atoms with Crippen molar-refractivity contribution in [3.05, 3.63) is 53.7 Å². The van der Waals surface area contributed by atoms with E-state index in [1.807, 2.05) is 18.2 Å². The predicted octanol–water partition coefficient (Wildman–Crippen LogP) is 3.66. The van der Waals surface area contributed by atoms with Crippen LogP contribution in [-0.2, 0) is 16.0 Å². The molecule has 3 heterocycles. The number of hydrogen-bond donors (Lipinski definition) is 0. The Morgan fingerprint density at radius 1 is 1.00 bits per heavy atom. The summed E-state index contributed by atoms with van der Waals surface area (Å²) in [6.07, 6.45) is 4.79. The van der Waals surface area contributed by atoms with Crippen LogP contribution in [0.4, 0.5) is 0 Å². The summed E-state index contributed by atoms with van der Waals surface area (Å²) >= 11 is 0. The normalized spacial score (nSPS) is 19.0. The highest BCUT2D eigenvalue weighted by molar-refractivity contribution is 5.92. The van der Waals surface area contributed by atoms with Crippen LogP contribution in [0.5, 0.6) is 11.6 Å². The van der Waals surface area contributed by atoms with Crippen LogP contribution in [0.1, 0.15) is 48.2 Å². The molecule has 0 unspecified atom stereocenters. The van der Waals surface area contributed by atoms with Gasteiger partial charge < -0.3 is 19.1 Å². The number of likely N-dealkylation sites (tertiary alicyclic amines) is 1. The fourth-order valence-corrected chi connectivity index (χ4v) is 4.57. The number of esters is 1. The lowest BCUT2D eigenvalue weighted by Gasteiger charge is -2.40. The lowest BCUT2D eigenvalue weighted by atomic mass is 9.74. The van der Waals surface area contributed by atoms with E-state index in [0.717, 1.165) is 31.4 Å². The zero-order valence-electron chi connectivity index (χ0n) is 18.5. The van der Waals surface area contributed by atoms with Gasteiger partial charge in [-0.15, -0.1) is 0 Å². The molecule has 0 aliphatic carbocycles. The molecule has 7 heteroatoms. The zero-order chi connectivity index (χ0) is 22.4. The van der Waals surface area contributed by atoms with Gasteiger partial charge in [-0.1, -0.05) is 30.7 Å². The van der Waals surface area contributed by atoms with Crippen LogP contribution >= 0.6 is 0 Å². The van der Waals surface area contributed by atoms with Crippen LogP contribution in [0.25, 0.3) is 0 Å². The summed E-state index contributed by atoms with van der Waals surface area (Å²) in [7, 11) is 1.53. The van der Waals surface area contributed by atoms with Crippen molar-refractivity contribution in [3.8, 4) is 11.6 Å². The molecule has 4 rings (SSSR count). The van der Waals surface area contributed by atoms with E-state index in [1.165, 1.54) is 12.7 Å². The Balaban J connectivity index is 1.41. The number of cyclic esters (lactones) is 1. The third-order valence-corrected chi connectivity index (χ3v) is 6.49. The molecule has 1 fully saturated rings. The summed E-state index contributed by atoms with van der Waals surface area (Å²) in [5.41, 5.74) is 1.01. The van der Waals surface area contributed by atoms with Crippen LogP contribution in [0.3, 0.4) is 0 Å². The molecule has 0 radical (unpaired) electrons. The Hall–Kier alpha value is -3.09. The van der Waals surface area contributed by atoms with Crippen molar-refractivity contribution in [1.29, 1.82) is 0 Å². The van der Waals surface area contributed by atoms with Crippen molar-refractivity contribution in [3.63, 3.8) is 0 Å². The SMILES string of the molecule is COc1cccc(C(=O)N2CCC3(CCCCc4ccccc4OCCOC3=O)CC2)n1. The van der Waals surface area contributed by atoms with Crippen molar-refractivity contribution in [1.82, 2.24) is 9.88 Å². The van der Waals surface area contributed by atoms with Crippen molar-refractivity contribution in [2.75, 3.05) is 33.4 Å². The van der Waals surface area contributed by atoms with Gasteiger partial charge in [0.15, 0.2) is 0 Å². The molecule has 1 aromatic carbocycles. The molecule has 2 aliphatic heterocycles. The Morgan fingerprint density at radius 2 is 1.78 bits per heavy atom. The number of carbonyl (C=O) groups excluding carboxylic acids is 2. The van der Waals surface area contributed by atoms with E-state index >= 15 is 0 Å². The van der Waals surface area contributed by atoms with Gasteiger partial charge in [-0.3, -0.25) is 9.59 Å². The highest BCUT2D eigenvalue weighted by Crippen LogP contribution is 2.39. The lowest BCUT2D eigenvalue weighted by molar-refractivity contribution is -0.160. The summed E-state index contributed by atoms with van der Waals surface area (Å²) in [4.78, 5) is 32.0. The maximum Gasteiger partial charge on any atom is 0.312 e. The molecule has 1 amide bonds. The highest BCUT2D eigenvalue weighted by atomic mass is 16.6. The van der Waals surface area contributed by atoms with Crippen molar-refractivity contribution >= 4 is 11.9 Å². The first-order chi connectivity index (χ1) is 15.6. The van der Waals surface area contributed by atoms with Crippen LogP contribution in [0, 0.1) is 5.41 Å². The molecule has 2 aliphatic rings. The maximum atomic E-state index is 13.1. The largest absolute Gasteiger partial charge is 0.490 e. The van der Waals surface area contributed by atoms with Gasteiger partial charge in [0, 0.05) is 19.2 Å². The monoisotopic (exact) mass is 438 g/mol. The Morgan fingerprint density at radius 3 is 2.59 bits per heavy atom. The Labute approximate surface area is 188 Å². The summed E-state index contributed by atoms with van der Waals surface area (Å²) in [6.45, 7) is 1.58. The standard InChI is InChI=1S/C25H30N2O5/c1-30-22-11-6-9-20(26-22)23(28)27-15-13-25(14-16-27)12-5-4-8-19-7-2-3-10-21(19)31-17-18-32-24(25)29/h2-3,6-7,9-11H,4-5,8,12-18H2,1H3. The number of para-hydroxylation sites is 1. The van der Waals surface area contributed by atoms with E-state index in [1.54, 1.807) is 23.1 Å². The molecule has 32 heavy (non-hydrogen) atoms. The minimum absolute atomic E-state index is 0.134. The van der Waals surface area contributed by atoms with E-state index in [0.29, 0.717) is 44.1 Å². The number of amides is 1. The third kappa shape index (κ3) is 4.87. The van der Waals surface area contributed by atoms with E-state index in [-0.39, 0.29) is 18.5 Å². The minimum atomic E-state index is -0.544. The molecule has 2 aromatic rings. The third-order valence-electron chi connectivity index (χ3n) is 6.49. The number of aryl methyl sites for hydroxylation is 1. The topological polar surface area (TPSA) is 78.0 Å². The number of hydrogen-bond acceptors (Lipinski definition) is 6. The summed E-state index contributed by atoms with van der Waals surface area (Å²) in [5.74, 6) is 0.986. The number of fused-ring (bicyclic) bond motifs is 1. The number of rotatable bonds is 2. The first-order valence-corrected chi connectivity index (χ1v) is 11.3. The first-order valence-electron chi connectivity index (χ1n) is 11.3. The van der Waals surface area contributed by atoms with E-state index < -0.39 is 5.41 Å². The summed E-state index contributed by atoms with van der Waals surface area (Å²) < 4.78 is 16.6. The minimum Gasteiger partial charge on any atom is -0.490 e. The average Bonchev–Trinajstić information content (AvgIpc) is 2.84. The van der Waals surface area contributed by atoms with Crippen molar-refractivity contribution < 1.29 is 23.8 Å². The average molecular weight is 439 g/mol. The Kier molecular flexibility index (Phi) is 6.93. The zero-order valence-corrected chi connectivity index (χ0v) is 18.5. The van der Waals surface area contributed by atoms with Gasteiger partial charge in [0.25, 0.3) is 5.91 Å². The van der Waals surface area contributed by atoms with Crippen molar-refractivity contribution in [2.45, 2.75) is 38.5 Å². The van der Waals surface area contributed by atoms with Crippen LogP contribution in [0.15, 0.2) is 42.5 Å². The summed E-state index contributed by atoms with van der Waals surface area (Å²) in [5, 5.41) is 0. The number of carbonyl (C=O) groups is 2. The Bertz CT molecular complexity index is 953. The number of piperidine rings is 1. The number of methoxy groups -OCH3 is 1. The van der Waals surface area contributed by atoms with E-state index in [2.05, 4.69) is 11.1 Å². The fourth-order valence-electron chi connectivity index (χ4n) is 4.57. The second-order valence-electron chi connectivity index (χ2n) is 8.44. The molecular weight excluding hydrogens is 408 g/mol. The van der Waals surface area contributed by atoms with E-state index in [4.69, 9.17) is 14.2 Å². The molecule has 170 valence electrons. The van der Waals surface area contributed by atoms with Gasteiger partial charge in [0.2, 0.25) is 5.88 Å². The van der Waals surface area contributed by atoms with Gasteiger partial charge in [-0.2, -0.15) is 0 Å². The smallest absolute Gasteiger partial charge is 0.312 e. The van der Waals surface area contributed by atoms with Gasteiger partial charge in [0.1, 0.15) is 24.7 Å². The molecule has 0 atom stereocenters. The van der Waals surface area contributed by atoms with Gasteiger partial charge in [-0.25, -0.2) is 4.98 Å².